The fourth-order valence-electron chi connectivity index (χ4n) is 1.33. The van der Waals surface area contributed by atoms with Gasteiger partial charge in [-0.1, -0.05) is 19.9 Å². The molecule has 0 aliphatic rings. The van der Waals surface area contributed by atoms with Crippen molar-refractivity contribution in [1.29, 1.82) is 0 Å². The lowest BCUT2D eigenvalue weighted by Gasteiger charge is -2.26. The smallest absolute Gasteiger partial charge is 0.0652 e. The second kappa shape index (κ2) is 4.55. The van der Waals surface area contributed by atoms with Gasteiger partial charge in [0.2, 0.25) is 0 Å². The van der Waals surface area contributed by atoms with Gasteiger partial charge in [-0.2, -0.15) is 0 Å². The first kappa shape index (κ1) is 10.7. The molecule has 0 saturated heterocycles. The number of hydrogen-bond donors (Lipinski definition) is 0. The average molecular weight is 156 g/mol. The summed E-state index contributed by atoms with van der Waals surface area (Å²) in [6.45, 7) is 12.9. The highest BCUT2D eigenvalue weighted by Crippen LogP contribution is 2.19. The first-order valence-corrected chi connectivity index (χ1v) is 4.23. The van der Waals surface area contributed by atoms with Crippen LogP contribution in [0.15, 0.2) is 12.7 Å². The monoisotopic (exact) mass is 156 g/mol. The predicted octanol–water partition coefficient (Wildman–Crippen LogP) is 3.01. The molecule has 0 aromatic carbocycles. The van der Waals surface area contributed by atoms with Gasteiger partial charge >= 0.3 is 0 Å². The Morgan fingerprint density at radius 3 is 2.36 bits per heavy atom. The lowest BCUT2D eigenvalue weighted by molar-refractivity contribution is -0.0158. The van der Waals surface area contributed by atoms with Crippen molar-refractivity contribution in [3.05, 3.63) is 12.7 Å². The van der Waals surface area contributed by atoms with E-state index in [-0.39, 0.29) is 5.60 Å². The van der Waals surface area contributed by atoms with Gasteiger partial charge < -0.3 is 4.74 Å². The van der Waals surface area contributed by atoms with Crippen LogP contribution < -0.4 is 0 Å². The molecule has 0 saturated carbocycles. The first-order chi connectivity index (χ1) is 4.98. The molecule has 0 fully saturated rings. The van der Waals surface area contributed by atoms with Crippen molar-refractivity contribution >= 4 is 0 Å². The molecular weight excluding hydrogens is 136 g/mol. The average Bonchev–Trinajstić information content (AvgIpc) is 1.81. The van der Waals surface area contributed by atoms with Gasteiger partial charge in [-0.3, -0.25) is 0 Å². The van der Waals surface area contributed by atoms with Crippen molar-refractivity contribution in [3.8, 4) is 0 Å². The normalized spacial score (nSPS) is 12.1. The summed E-state index contributed by atoms with van der Waals surface area (Å²) < 4.78 is 5.57. The summed E-state index contributed by atoms with van der Waals surface area (Å²) in [5, 5.41) is 0. The molecule has 0 spiro atoms. The maximum atomic E-state index is 5.57. The van der Waals surface area contributed by atoms with Gasteiger partial charge in [0.15, 0.2) is 0 Å². The van der Waals surface area contributed by atoms with E-state index in [0.29, 0.717) is 12.5 Å². The van der Waals surface area contributed by atoms with E-state index in [1.54, 1.807) is 6.08 Å². The van der Waals surface area contributed by atoms with Crippen molar-refractivity contribution < 1.29 is 4.74 Å². The molecule has 66 valence electrons. The van der Waals surface area contributed by atoms with Gasteiger partial charge in [-0.05, 0) is 26.2 Å². The molecule has 0 bridgehead atoms. The molecule has 0 aliphatic heterocycles. The second-order valence-electron chi connectivity index (χ2n) is 3.96. The van der Waals surface area contributed by atoms with E-state index in [4.69, 9.17) is 4.74 Å². The quantitative estimate of drug-likeness (QED) is 0.556. The van der Waals surface area contributed by atoms with Gasteiger partial charge in [0, 0.05) is 0 Å². The molecule has 0 N–H and O–H groups in total. The molecule has 1 heteroatoms. The van der Waals surface area contributed by atoms with Crippen LogP contribution >= 0.6 is 0 Å². The maximum Gasteiger partial charge on any atom is 0.0652 e. The first-order valence-electron chi connectivity index (χ1n) is 4.23. The lowest BCUT2D eigenvalue weighted by atomic mass is 9.96. The summed E-state index contributed by atoms with van der Waals surface area (Å²) in [6.07, 6.45) is 2.89. The van der Waals surface area contributed by atoms with Crippen molar-refractivity contribution in [1.82, 2.24) is 0 Å². The van der Waals surface area contributed by atoms with E-state index in [2.05, 4.69) is 34.3 Å². The Balaban J connectivity index is 3.69. The van der Waals surface area contributed by atoms with Crippen LogP contribution in [0.3, 0.4) is 0 Å². The van der Waals surface area contributed by atoms with Crippen LogP contribution in [-0.2, 0) is 4.74 Å². The summed E-state index contributed by atoms with van der Waals surface area (Å²) in [6, 6.07) is 0. The molecule has 1 nitrogen and oxygen atoms in total. The highest BCUT2D eigenvalue weighted by Gasteiger charge is 2.18. The molecule has 0 amide bonds. The molecular formula is C10H20O. The van der Waals surface area contributed by atoms with E-state index in [1.807, 2.05) is 0 Å². The number of rotatable bonds is 5. The standard InChI is InChI=1S/C10H20O/c1-6-7-11-10(4,5)8-9(2)3/h6,9H,1,7-8H2,2-5H3. The second-order valence-corrected chi connectivity index (χ2v) is 3.96. The zero-order valence-electron chi connectivity index (χ0n) is 8.18. The van der Waals surface area contributed by atoms with Gasteiger partial charge in [0.05, 0.1) is 12.2 Å². The van der Waals surface area contributed by atoms with E-state index >= 15 is 0 Å². The summed E-state index contributed by atoms with van der Waals surface area (Å²) in [4.78, 5) is 0. The minimum Gasteiger partial charge on any atom is -0.372 e. The largest absolute Gasteiger partial charge is 0.372 e. The topological polar surface area (TPSA) is 9.23 Å². The zero-order chi connectivity index (χ0) is 8.91. The Labute approximate surface area is 70.4 Å². The van der Waals surface area contributed by atoms with E-state index < -0.39 is 0 Å². The Hall–Kier alpha value is -0.300. The summed E-state index contributed by atoms with van der Waals surface area (Å²) >= 11 is 0. The lowest BCUT2D eigenvalue weighted by Crippen LogP contribution is -2.26. The van der Waals surface area contributed by atoms with Crippen LogP contribution in [0.4, 0.5) is 0 Å². The van der Waals surface area contributed by atoms with Crippen molar-refractivity contribution in [3.63, 3.8) is 0 Å². The maximum absolute atomic E-state index is 5.57. The van der Waals surface area contributed by atoms with Crippen LogP contribution in [0.5, 0.6) is 0 Å². The summed E-state index contributed by atoms with van der Waals surface area (Å²) in [5.74, 6) is 0.690. The molecule has 0 atom stereocenters. The molecule has 0 rings (SSSR count). The molecule has 0 heterocycles. The van der Waals surface area contributed by atoms with Gasteiger partial charge in [0.1, 0.15) is 0 Å². The fraction of sp³-hybridized carbons (Fsp3) is 0.800. The van der Waals surface area contributed by atoms with Crippen LogP contribution in [0.2, 0.25) is 0 Å². The van der Waals surface area contributed by atoms with Crippen LogP contribution in [-0.4, -0.2) is 12.2 Å². The van der Waals surface area contributed by atoms with E-state index in [0.717, 1.165) is 6.42 Å². The Bertz CT molecular complexity index is 114. The SMILES string of the molecule is C=CCOC(C)(C)CC(C)C. The molecule has 0 aromatic heterocycles. The molecule has 0 unspecified atom stereocenters. The van der Waals surface area contributed by atoms with E-state index in [9.17, 15) is 0 Å². The molecule has 0 aliphatic carbocycles. The molecule has 0 aromatic rings. The van der Waals surface area contributed by atoms with Gasteiger partial charge in [-0.25, -0.2) is 0 Å². The third-order valence-electron chi connectivity index (χ3n) is 1.49. The van der Waals surface area contributed by atoms with Crippen LogP contribution in [0, 0.1) is 5.92 Å². The predicted molar refractivity (Wildman–Crippen MR) is 49.7 cm³/mol. The Morgan fingerprint density at radius 2 is 2.00 bits per heavy atom. The Kier molecular flexibility index (Phi) is 4.43. The third-order valence-corrected chi connectivity index (χ3v) is 1.49. The van der Waals surface area contributed by atoms with Crippen LogP contribution in [0.25, 0.3) is 0 Å². The van der Waals surface area contributed by atoms with Crippen molar-refractivity contribution in [2.24, 2.45) is 5.92 Å². The van der Waals surface area contributed by atoms with Gasteiger partial charge in [0.25, 0.3) is 0 Å². The minimum absolute atomic E-state index is 0.00234. The van der Waals surface area contributed by atoms with Crippen molar-refractivity contribution in [2.45, 2.75) is 39.7 Å². The third kappa shape index (κ3) is 6.11. The van der Waals surface area contributed by atoms with E-state index in [1.165, 1.54) is 0 Å². The zero-order valence-corrected chi connectivity index (χ0v) is 8.18. The Morgan fingerprint density at radius 1 is 1.45 bits per heavy atom. The molecule has 11 heavy (non-hydrogen) atoms. The number of ether oxygens (including phenoxy) is 1. The summed E-state index contributed by atoms with van der Waals surface area (Å²) in [7, 11) is 0. The summed E-state index contributed by atoms with van der Waals surface area (Å²) in [5.41, 5.74) is 0.00234. The van der Waals surface area contributed by atoms with Crippen molar-refractivity contribution in [2.75, 3.05) is 6.61 Å². The fourth-order valence-corrected chi connectivity index (χ4v) is 1.33. The highest BCUT2D eigenvalue weighted by molar-refractivity contribution is 4.74. The number of hydrogen-bond acceptors (Lipinski definition) is 1. The van der Waals surface area contributed by atoms with Gasteiger partial charge in [-0.15, -0.1) is 6.58 Å². The highest BCUT2D eigenvalue weighted by atomic mass is 16.5. The minimum atomic E-state index is 0.00234. The molecule has 0 radical (unpaired) electrons. The van der Waals surface area contributed by atoms with Crippen LogP contribution in [0.1, 0.15) is 34.1 Å².